The lowest BCUT2D eigenvalue weighted by Crippen LogP contribution is -2.45. The van der Waals surface area contributed by atoms with Gasteiger partial charge in [0.25, 0.3) is 0 Å². The van der Waals surface area contributed by atoms with Crippen molar-refractivity contribution in [3.05, 3.63) is 0 Å². The van der Waals surface area contributed by atoms with E-state index in [1.54, 1.807) is 0 Å². The fraction of sp³-hybridized carbons (Fsp3) is 0.923. The summed E-state index contributed by atoms with van der Waals surface area (Å²) in [5.74, 6) is -0.948. The molecule has 28 heavy (non-hydrogen) atoms. The first-order chi connectivity index (χ1) is 13.2. The zero-order valence-electron chi connectivity index (χ0n) is 15.1. The van der Waals surface area contributed by atoms with Crippen molar-refractivity contribution >= 4 is 67.7 Å². The maximum Gasteiger partial charge on any atom is 0.349 e. The molecule has 0 saturated heterocycles. The van der Waals surface area contributed by atoms with Gasteiger partial charge in [0, 0.05) is 0 Å². The van der Waals surface area contributed by atoms with Gasteiger partial charge in [-0.2, -0.15) is 0 Å². The number of ether oxygens (including phenoxy) is 2. The van der Waals surface area contributed by atoms with Crippen molar-refractivity contribution in [3.8, 4) is 0 Å². The number of thiol groups is 1. The first-order valence-corrected chi connectivity index (χ1v) is 14.9. The smallest absolute Gasteiger partial charge is 0.349 e. The number of hydrogen-bond donors (Lipinski definition) is 7. The van der Waals surface area contributed by atoms with E-state index in [0.717, 1.165) is 20.6 Å². The molecule has 0 amide bonds. The molecule has 0 aliphatic carbocycles. The monoisotopic (exact) mass is 518 g/mol. The quantitative estimate of drug-likeness (QED) is 0.0465. The van der Waals surface area contributed by atoms with Crippen molar-refractivity contribution in [2.75, 3.05) is 52.9 Å². The topological polar surface area (TPSA) is 157 Å². The summed E-state index contributed by atoms with van der Waals surface area (Å²) in [5.41, 5.74) is -2.63. The Balaban J connectivity index is 4.71. The molecule has 0 bridgehead atoms. The number of carbonyl (C=O) groups excluding carboxylic acids is 1. The van der Waals surface area contributed by atoms with Crippen molar-refractivity contribution in [1.29, 1.82) is 0 Å². The molecule has 0 aliphatic rings. The summed E-state index contributed by atoms with van der Waals surface area (Å²) in [6, 6.07) is 0. The minimum Gasteiger partial charge on any atom is -0.462 e. The van der Waals surface area contributed by atoms with Gasteiger partial charge in [0.15, 0.2) is 0 Å². The molecule has 0 radical (unpaired) electrons. The first kappa shape index (κ1) is 29.3. The molecule has 1 atom stereocenters. The van der Waals surface area contributed by atoms with E-state index < -0.39 is 61.4 Å². The molecule has 9 nitrogen and oxygen atoms in total. The van der Waals surface area contributed by atoms with Crippen LogP contribution in [0.25, 0.3) is 0 Å². The zero-order chi connectivity index (χ0) is 21.7. The molecule has 0 heterocycles. The molecule has 0 aromatic carbocycles. The van der Waals surface area contributed by atoms with Gasteiger partial charge in [-0.25, -0.2) is 4.79 Å². The first-order valence-electron chi connectivity index (χ1n) is 7.71. The maximum atomic E-state index is 12.1. The molecule has 0 aromatic heterocycles. The second-order valence-corrected chi connectivity index (χ2v) is 14.9. The molecule has 0 spiro atoms. The molecule has 0 aromatic rings. The average molecular weight is 519 g/mol. The fourth-order valence-corrected chi connectivity index (χ4v) is 10.5. The summed E-state index contributed by atoms with van der Waals surface area (Å²) in [6.45, 7) is -2.44. The molecular formula is C13H26O9S6. The van der Waals surface area contributed by atoms with Crippen molar-refractivity contribution in [1.82, 2.24) is 0 Å². The molecule has 1 unspecified atom stereocenters. The van der Waals surface area contributed by atoms with Crippen molar-refractivity contribution in [2.24, 2.45) is 10.8 Å². The highest BCUT2D eigenvalue weighted by Crippen LogP contribution is 2.52. The Morgan fingerprint density at radius 1 is 0.857 bits per heavy atom. The third kappa shape index (κ3) is 10.1. The van der Waals surface area contributed by atoms with E-state index in [1.165, 1.54) is 36.4 Å². The Morgan fingerprint density at radius 2 is 1.36 bits per heavy atom. The predicted octanol–water partition coefficient (Wildman–Crippen LogP) is 0.360. The minimum absolute atomic E-state index is 0.242. The summed E-state index contributed by atoms with van der Waals surface area (Å²) in [6.07, 6.45) is 0. The predicted molar refractivity (Wildman–Crippen MR) is 120 cm³/mol. The second-order valence-electron chi connectivity index (χ2n) is 6.20. The summed E-state index contributed by atoms with van der Waals surface area (Å²) in [4.78, 5) is 10.3. The third-order valence-electron chi connectivity index (χ3n) is 3.66. The third-order valence-corrected chi connectivity index (χ3v) is 12.9. The van der Waals surface area contributed by atoms with Crippen LogP contribution in [0.15, 0.2) is 0 Å². The lowest BCUT2D eigenvalue weighted by molar-refractivity contribution is -0.165. The van der Waals surface area contributed by atoms with Gasteiger partial charge in [0.2, 0.25) is 4.93 Å². The van der Waals surface area contributed by atoms with Crippen LogP contribution in [-0.2, 0) is 14.3 Å². The minimum atomic E-state index is -1.85. The number of esters is 1. The maximum absolute atomic E-state index is 12.1. The van der Waals surface area contributed by atoms with Crippen LogP contribution in [0.5, 0.6) is 0 Å². The molecule has 0 saturated carbocycles. The van der Waals surface area contributed by atoms with E-state index in [9.17, 15) is 35.4 Å². The van der Waals surface area contributed by atoms with Crippen LogP contribution >= 0.6 is 61.8 Å². The van der Waals surface area contributed by atoms with Gasteiger partial charge in [0.05, 0.1) is 57.1 Å². The summed E-state index contributed by atoms with van der Waals surface area (Å²) in [7, 11) is 5.90. The SMILES string of the molecule is CC(O)(SSSSSS)C(=O)OCC(CO)(CO)COCC(CO)(CO)CO. The van der Waals surface area contributed by atoms with Crippen LogP contribution in [0.1, 0.15) is 6.92 Å². The van der Waals surface area contributed by atoms with Gasteiger partial charge in [-0.05, 0) is 57.0 Å². The average Bonchev–Trinajstić information content (AvgIpc) is 2.71. The highest BCUT2D eigenvalue weighted by Gasteiger charge is 2.38. The largest absolute Gasteiger partial charge is 0.462 e. The summed E-state index contributed by atoms with van der Waals surface area (Å²) < 4.78 is 10.4. The summed E-state index contributed by atoms with van der Waals surface area (Å²) >= 11 is 3.94. The van der Waals surface area contributed by atoms with Gasteiger partial charge in [-0.1, -0.05) is 11.7 Å². The normalized spacial score (nSPS) is 14.7. The summed E-state index contributed by atoms with van der Waals surface area (Å²) in [5, 5.41) is 57.3. The van der Waals surface area contributed by atoms with E-state index in [-0.39, 0.29) is 13.2 Å². The number of aliphatic hydroxyl groups is 6. The van der Waals surface area contributed by atoms with Crippen molar-refractivity contribution < 1.29 is 44.9 Å². The van der Waals surface area contributed by atoms with Crippen LogP contribution in [0.2, 0.25) is 0 Å². The van der Waals surface area contributed by atoms with Crippen LogP contribution in [0.4, 0.5) is 0 Å². The number of hydrogen-bond acceptors (Lipinski definition) is 15. The van der Waals surface area contributed by atoms with E-state index in [1.807, 2.05) is 0 Å². The lowest BCUT2D eigenvalue weighted by Gasteiger charge is -2.33. The second kappa shape index (κ2) is 15.2. The number of aliphatic hydroxyl groups excluding tert-OH is 5. The van der Waals surface area contributed by atoms with Gasteiger partial charge in [-0.3, -0.25) is 0 Å². The van der Waals surface area contributed by atoms with Gasteiger partial charge >= 0.3 is 5.97 Å². The number of rotatable bonds is 17. The van der Waals surface area contributed by atoms with E-state index in [4.69, 9.17) is 9.47 Å². The number of carbonyl (C=O) groups is 1. The Labute approximate surface area is 187 Å². The highest BCUT2D eigenvalue weighted by molar-refractivity contribution is 9.41. The van der Waals surface area contributed by atoms with Gasteiger partial charge in [0.1, 0.15) is 6.61 Å². The van der Waals surface area contributed by atoms with E-state index >= 15 is 0 Å². The van der Waals surface area contributed by atoms with Gasteiger partial charge < -0.3 is 40.1 Å². The van der Waals surface area contributed by atoms with E-state index in [0.29, 0.717) is 0 Å². The van der Waals surface area contributed by atoms with Crippen molar-refractivity contribution in [3.63, 3.8) is 0 Å². The molecule has 15 heteroatoms. The van der Waals surface area contributed by atoms with Crippen LogP contribution in [0, 0.1) is 10.8 Å². The van der Waals surface area contributed by atoms with Crippen molar-refractivity contribution in [2.45, 2.75) is 11.9 Å². The lowest BCUT2D eigenvalue weighted by atomic mass is 9.90. The molecule has 168 valence electrons. The molecular weight excluding hydrogens is 493 g/mol. The molecule has 0 fully saturated rings. The standard InChI is InChI=1S/C13H26O9S6/c1-11(20,24-26-28-27-25-23)10(19)22-9-13(5-17,6-18)8-21-7-12(2-14,3-15)4-16/h14-18,20,23H,2-9H2,1H3. The van der Waals surface area contributed by atoms with Gasteiger partial charge in [-0.15, -0.1) is 0 Å². The molecule has 0 aliphatic heterocycles. The van der Waals surface area contributed by atoms with Crippen LogP contribution in [0.3, 0.4) is 0 Å². The zero-order valence-corrected chi connectivity index (χ0v) is 20.0. The molecule has 6 N–H and O–H groups in total. The fourth-order valence-electron chi connectivity index (χ4n) is 1.54. The highest BCUT2D eigenvalue weighted by atomic mass is 33.9. The Hall–Kier alpha value is 1.29. The Bertz CT molecular complexity index is 426. The Kier molecular flexibility index (Phi) is 15.8. The van der Waals surface area contributed by atoms with Crippen LogP contribution < -0.4 is 0 Å². The molecule has 0 rings (SSSR count). The van der Waals surface area contributed by atoms with Crippen LogP contribution in [-0.4, -0.2) is 94.4 Å². The Morgan fingerprint density at radius 3 is 1.82 bits per heavy atom. The van der Waals surface area contributed by atoms with E-state index in [2.05, 4.69) is 11.7 Å².